The number of carbonyl (C=O) groups is 1. The van der Waals surface area contributed by atoms with Gasteiger partial charge in [-0.1, -0.05) is 43.5 Å². The number of rotatable bonds is 4. The van der Waals surface area contributed by atoms with Crippen molar-refractivity contribution in [3.63, 3.8) is 0 Å². The lowest BCUT2D eigenvalue weighted by atomic mass is 9.83. The van der Waals surface area contributed by atoms with E-state index in [1.807, 2.05) is 23.9 Å². The van der Waals surface area contributed by atoms with Crippen LogP contribution in [0.25, 0.3) is 0 Å². The summed E-state index contributed by atoms with van der Waals surface area (Å²) in [5, 5.41) is 0. The van der Waals surface area contributed by atoms with Crippen molar-refractivity contribution in [1.29, 1.82) is 0 Å². The van der Waals surface area contributed by atoms with Gasteiger partial charge in [-0.15, -0.1) is 0 Å². The molecule has 0 atom stereocenters. The summed E-state index contributed by atoms with van der Waals surface area (Å²) in [6.45, 7) is 3.24. The molecule has 1 aliphatic carbocycles. The minimum atomic E-state index is 0.275. The lowest BCUT2D eigenvalue weighted by molar-refractivity contribution is 0.0887. The summed E-state index contributed by atoms with van der Waals surface area (Å²) in [5.41, 5.74) is 2.22. The number of Topliss-reactive ketones (excluding diaryl/α,β-unsaturated/α-hetero) is 1. The van der Waals surface area contributed by atoms with E-state index >= 15 is 0 Å². The average molecular weight is 303 g/mol. The van der Waals surface area contributed by atoms with Gasteiger partial charge in [0.2, 0.25) is 0 Å². The topological polar surface area (TPSA) is 20.3 Å². The largest absolute Gasteiger partial charge is 0.297 e. The second-order valence-corrected chi connectivity index (χ2v) is 7.47. The summed E-state index contributed by atoms with van der Waals surface area (Å²) in [6.07, 6.45) is 5.93. The van der Waals surface area contributed by atoms with E-state index in [9.17, 15) is 4.79 Å². The molecular formula is C18H25NOS. The molecule has 21 heavy (non-hydrogen) atoms. The van der Waals surface area contributed by atoms with E-state index in [1.54, 1.807) is 0 Å². The fourth-order valence-electron chi connectivity index (χ4n) is 3.48. The molecule has 0 aromatic heterocycles. The summed E-state index contributed by atoms with van der Waals surface area (Å²) in [5.74, 6) is 3.12. The lowest BCUT2D eigenvalue weighted by Crippen LogP contribution is -2.32. The molecule has 114 valence electrons. The van der Waals surface area contributed by atoms with Crippen LogP contribution in [0.4, 0.5) is 0 Å². The second kappa shape index (κ2) is 7.46. The number of carbonyl (C=O) groups excluding carboxylic acids is 1. The van der Waals surface area contributed by atoms with E-state index in [4.69, 9.17) is 0 Å². The number of hydrogen-bond donors (Lipinski definition) is 0. The van der Waals surface area contributed by atoms with E-state index in [2.05, 4.69) is 17.0 Å². The third kappa shape index (κ3) is 3.89. The highest BCUT2D eigenvalue weighted by atomic mass is 32.2. The highest BCUT2D eigenvalue weighted by molar-refractivity contribution is 7.99. The minimum absolute atomic E-state index is 0.275. The molecule has 1 saturated heterocycles. The SMILES string of the molecule is O=C(c1ccccc1CN1CCSCC1)C1CCCCC1. The smallest absolute Gasteiger partial charge is 0.166 e. The first kappa shape index (κ1) is 15.1. The molecule has 1 saturated carbocycles. The van der Waals surface area contributed by atoms with Crippen molar-refractivity contribution in [1.82, 2.24) is 4.90 Å². The van der Waals surface area contributed by atoms with Crippen LogP contribution in [0.5, 0.6) is 0 Å². The molecule has 2 aliphatic rings. The molecule has 0 unspecified atom stereocenters. The number of ketones is 1. The molecule has 0 N–H and O–H groups in total. The molecule has 0 spiro atoms. The first-order valence-electron chi connectivity index (χ1n) is 8.27. The van der Waals surface area contributed by atoms with Gasteiger partial charge in [0.25, 0.3) is 0 Å². The third-order valence-electron chi connectivity index (χ3n) is 4.76. The van der Waals surface area contributed by atoms with Gasteiger partial charge < -0.3 is 0 Å². The summed E-state index contributed by atoms with van der Waals surface area (Å²) in [6, 6.07) is 8.29. The third-order valence-corrected chi connectivity index (χ3v) is 5.70. The molecule has 0 radical (unpaired) electrons. The van der Waals surface area contributed by atoms with Crippen LogP contribution in [0.2, 0.25) is 0 Å². The van der Waals surface area contributed by atoms with Crippen molar-refractivity contribution in [2.75, 3.05) is 24.6 Å². The van der Waals surface area contributed by atoms with Gasteiger partial charge in [0.1, 0.15) is 0 Å². The van der Waals surface area contributed by atoms with Gasteiger partial charge in [0.15, 0.2) is 5.78 Å². The Balaban J connectivity index is 1.73. The predicted molar refractivity (Wildman–Crippen MR) is 89.9 cm³/mol. The summed E-state index contributed by atoms with van der Waals surface area (Å²) < 4.78 is 0. The maximum absolute atomic E-state index is 12.8. The van der Waals surface area contributed by atoms with E-state index in [1.165, 1.54) is 36.3 Å². The monoisotopic (exact) mass is 303 g/mol. The van der Waals surface area contributed by atoms with Crippen molar-refractivity contribution >= 4 is 17.5 Å². The van der Waals surface area contributed by atoms with Crippen LogP contribution >= 0.6 is 11.8 Å². The summed E-state index contributed by atoms with van der Waals surface area (Å²) >= 11 is 2.03. The van der Waals surface area contributed by atoms with Crippen LogP contribution in [0, 0.1) is 5.92 Å². The van der Waals surface area contributed by atoms with Crippen LogP contribution in [-0.4, -0.2) is 35.3 Å². The Labute approximate surface area is 132 Å². The van der Waals surface area contributed by atoms with E-state index in [0.717, 1.165) is 38.0 Å². The zero-order chi connectivity index (χ0) is 14.5. The Morgan fingerprint density at radius 1 is 1.10 bits per heavy atom. The van der Waals surface area contributed by atoms with Gasteiger partial charge in [-0.3, -0.25) is 9.69 Å². The van der Waals surface area contributed by atoms with E-state index < -0.39 is 0 Å². The maximum Gasteiger partial charge on any atom is 0.166 e. The van der Waals surface area contributed by atoms with E-state index in [0.29, 0.717) is 5.78 Å². The molecule has 1 aromatic rings. The molecule has 3 heteroatoms. The molecule has 0 amide bonds. The zero-order valence-corrected chi connectivity index (χ0v) is 13.5. The standard InChI is InChI=1S/C18H25NOS/c20-18(15-6-2-1-3-7-15)17-9-5-4-8-16(17)14-19-10-12-21-13-11-19/h4-5,8-9,15H,1-3,6-7,10-14H2. The van der Waals surface area contributed by atoms with Gasteiger partial charge >= 0.3 is 0 Å². The first-order chi connectivity index (χ1) is 10.3. The van der Waals surface area contributed by atoms with Crippen molar-refractivity contribution in [2.45, 2.75) is 38.6 Å². The van der Waals surface area contributed by atoms with Crippen LogP contribution < -0.4 is 0 Å². The minimum Gasteiger partial charge on any atom is -0.297 e. The van der Waals surface area contributed by atoms with Crippen molar-refractivity contribution in [3.05, 3.63) is 35.4 Å². The highest BCUT2D eigenvalue weighted by Gasteiger charge is 2.24. The van der Waals surface area contributed by atoms with Gasteiger partial charge in [0.05, 0.1) is 0 Å². The normalized spacial score (nSPS) is 21.3. The molecular weight excluding hydrogens is 278 g/mol. The second-order valence-electron chi connectivity index (χ2n) is 6.24. The number of benzene rings is 1. The fraction of sp³-hybridized carbons (Fsp3) is 0.611. The zero-order valence-electron chi connectivity index (χ0n) is 12.7. The number of hydrogen-bond acceptors (Lipinski definition) is 3. The fourth-order valence-corrected chi connectivity index (χ4v) is 4.46. The van der Waals surface area contributed by atoms with Crippen molar-refractivity contribution in [2.24, 2.45) is 5.92 Å². The van der Waals surface area contributed by atoms with Crippen molar-refractivity contribution < 1.29 is 4.79 Å². The lowest BCUT2D eigenvalue weighted by Gasteiger charge is -2.27. The Kier molecular flexibility index (Phi) is 5.37. The van der Waals surface area contributed by atoms with Crippen LogP contribution in [0.3, 0.4) is 0 Å². The van der Waals surface area contributed by atoms with Gasteiger partial charge in [-0.05, 0) is 18.4 Å². The highest BCUT2D eigenvalue weighted by Crippen LogP contribution is 2.28. The van der Waals surface area contributed by atoms with Crippen molar-refractivity contribution in [3.8, 4) is 0 Å². The maximum atomic E-state index is 12.8. The van der Waals surface area contributed by atoms with Gasteiger partial charge in [-0.2, -0.15) is 11.8 Å². The van der Waals surface area contributed by atoms with Crippen LogP contribution in [0.15, 0.2) is 24.3 Å². The Hall–Kier alpha value is -0.800. The molecule has 3 rings (SSSR count). The average Bonchev–Trinajstić information content (AvgIpc) is 2.56. The number of nitrogens with zero attached hydrogens (tertiary/aromatic N) is 1. The van der Waals surface area contributed by atoms with Gasteiger partial charge in [0, 0.05) is 42.6 Å². The molecule has 1 aromatic carbocycles. The first-order valence-corrected chi connectivity index (χ1v) is 9.42. The quantitative estimate of drug-likeness (QED) is 0.784. The Morgan fingerprint density at radius 3 is 2.57 bits per heavy atom. The number of thioether (sulfide) groups is 1. The van der Waals surface area contributed by atoms with Gasteiger partial charge in [-0.25, -0.2) is 0 Å². The van der Waals surface area contributed by atoms with Crippen LogP contribution in [-0.2, 0) is 6.54 Å². The molecule has 2 fully saturated rings. The summed E-state index contributed by atoms with van der Waals surface area (Å²) in [7, 11) is 0. The predicted octanol–water partition coefficient (Wildman–Crippen LogP) is 4.00. The molecule has 1 aliphatic heterocycles. The molecule has 0 bridgehead atoms. The molecule has 2 nitrogen and oxygen atoms in total. The Morgan fingerprint density at radius 2 is 1.81 bits per heavy atom. The van der Waals surface area contributed by atoms with E-state index in [-0.39, 0.29) is 5.92 Å². The Bertz CT molecular complexity index is 476. The summed E-state index contributed by atoms with van der Waals surface area (Å²) in [4.78, 5) is 15.3. The van der Waals surface area contributed by atoms with Crippen LogP contribution in [0.1, 0.15) is 48.0 Å². The molecule has 1 heterocycles.